The Hall–Kier alpha value is -1.14. The first-order valence-corrected chi connectivity index (χ1v) is 7.77. The van der Waals surface area contributed by atoms with Gasteiger partial charge in [0, 0.05) is 25.7 Å². The molecule has 0 bridgehead atoms. The smallest absolute Gasteiger partial charge is 0.241 e. The summed E-state index contributed by atoms with van der Waals surface area (Å²) in [6, 6.07) is 0.290. The Bertz CT molecular complexity index is 371. The first-order valence-electron chi connectivity index (χ1n) is 7.77. The van der Waals surface area contributed by atoms with E-state index in [1.54, 1.807) is 0 Å². The molecule has 0 radical (unpaired) electrons. The Morgan fingerprint density at radius 3 is 2.65 bits per heavy atom. The van der Waals surface area contributed by atoms with E-state index in [4.69, 9.17) is 0 Å². The van der Waals surface area contributed by atoms with Gasteiger partial charge in [-0.05, 0) is 38.8 Å². The van der Waals surface area contributed by atoms with E-state index in [0.29, 0.717) is 12.6 Å². The molecular weight excluding hydrogens is 256 g/mol. The predicted molar refractivity (Wildman–Crippen MR) is 75.2 cm³/mol. The summed E-state index contributed by atoms with van der Waals surface area (Å²) in [4.78, 5) is 28.2. The zero-order valence-electron chi connectivity index (χ0n) is 11.9. The van der Waals surface area contributed by atoms with E-state index in [2.05, 4.69) is 15.5 Å². The lowest BCUT2D eigenvalue weighted by molar-refractivity contribution is -0.136. The number of likely N-dealkylation sites (tertiary alicyclic amines) is 2. The SMILES string of the molecule is O=C1CNC(C(=O)N2CCCC(N3CCCC3)C2)CN1. The van der Waals surface area contributed by atoms with Gasteiger partial charge in [0.2, 0.25) is 11.8 Å². The van der Waals surface area contributed by atoms with E-state index in [0.717, 1.165) is 19.5 Å². The van der Waals surface area contributed by atoms with Crippen molar-refractivity contribution in [3.8, 4) is 0 Å². The summed E-state index contributed by atoms with van der Waals surface area (Å²) in [5.74, 6) is 0.122. The number of hydrogen-bond donors (Lipinski definition) is 2. The standard InChI is InChI=1S/C14H24N4O2/c19-13-9-15-12(8-16-13)14(20)18-7-3-4-11(10-18)17-5-1-2-6-17/h11-12,15H,1-10H2,(H,16,19). The van der Waals surface area contributed by atoms with Gasteiger partial charge < -0.3 is 10.2 Å². The van der Waals surface area contributed by atoms with Crippen molar-refractivity contribution in [1.82, 2.24) is 20.4 Å². The zero-order valence-corrected chi connectivity index (χ0v) is 11.9. The first kappa shape index (κ1) is 13.8. The lowest BCUT2D eigenvalue weighted by Gasteiger charge is -2.39. The summed E-state index contributed by atoms with van der Waals surface area (Å²) in [5.41, 5.74) is 0. The molecule has 3 rings (SSSR count). The monoisotopic (exact) mass is 280 g/mol. The van der Waals surface area contributed by atoms with Crippen molar-refractivity contribution >= 4 is 11.8 Å². The van der Waals surface area contributed by atoms with Crippen molar-refractivity contribution in [3.05, 3.63) is 0 Å². The molecule has 2 atom stereocenters. The van der Waals surface area contributed by atoms with E-state index < -0.39 is 0 Å². The largest absolute Gasteiger partial charge is 0.353 e. The number of amides is 2. The minimum atomic E-state index is -0.245. The number of nitrogens with one attached hydrogen (secondary N) is 2. The van der Waals surface area contributed by atoms with E-state index in [1.165, 1.54) is 32.4 Å². The summed E-state index contributed by atoms with van der Waals surface area (Å²) in [6.07, 6.45) is 4.88. The van der Waals surface area contributed by atoms with Crippen molar-refractivity contribution in [1.29, 1.82) is 0 Å². The molecule has 2 unspecified atom stereocenters. The topological polar surface area (TPSA) is 64.7 Å². The van der Waals surface area contributed by atoms with Gasteiger partial charge in [0.1, 0.15) is 6.04 Å². The zero-order chi connectivity index (χ0) is 13.9. The van der Waals surface area contributed by atoms with Gasteiger partial charge in [-0.2, -0.15) is 0 Å². The van der Waals surface area contributed by atoms with E-state index in [1.807, 2.05) is 4.90 Å². The number of piperidine rings is 1. The molecule has 6 nitrogen and oxygen atoms in total. The van der Waals surface area contributed by atoms with Crippen LogP contribution in [0.2, 0.25) is 0 Å². The molecule has 3 heterocycles. The Morgan fingerprint density at radius 2 is 1.95 bits per heavy atom. The Balaban J connectivity index is 1.55. The summed E-state index contributed by atoms with van der Waals surface area (Å²) < 4.78 is 0. The fourth-order valence-electron chi connectivity index (χ4n) is 3.52. The van der Waals surface area contributed by atoms with Crippen LogP contribution in [0.15, 0.2) is 0 Å². The summed E-state index contributed by atoms with van der Waals surface area (Å²) in [7, 11) is 0. The van der Waals surface area contributed by atoms with Crippen LogP contribution in [0, 0.1) is 0 Å². The van der Waals surface area contributed by atoms with Crippen LogP contribution >= 0.6 is 0 Å². The van der Waals surface area contributed by atoms with Crippen LogP contribution in [0.25, 0.3) is 0 Å². The third-order valence-corrected chi connectivity index (χ3v) is 4.68. The molecule has 0 aliphatic carbocycles. The highest BCUT2D eigenvalue weighted by molar-refractivity contribution is 5.86. The van der Waals surface area contributed by atoms with Gasteiger partial charge in [0.15, 0.2) is 0 Å². The van der Waals surface area contributed by atoms with Crippen LogP contribution in [-0.2, 0) is 9.59 Å². The highest BCUT2D eigenvalue weighted by Crippen LogP contribution is 2.20. The molecule has 0 saturated carbocycles. The molecule has 2 N–H and O–H groups in total. The normalized spacial score (nSPS) is 32.2. The van der Waals surface area contributed by atoms with Crippen LogP contribution in [0.4, 0.5) is 0 Å². The van der Waals surface area contributed by atoms with Crippen molar-refractivity contribution in [2.24, 2.45) is 0 Å². The van der Waals surface area contributed by atoms with Crippen LogP contribution in [-0.4, -0.2) is 73.0 Å². The molecule has 6 heteroatoms. The second-order valence-electron chi connectivity index (χ2n) is 6.06. The molecule has 0 aromatic heterocycles. The molecule has 0 spiro atoms. The lowest BCUT2D eigenvalue weighted by atomic mass is 10.0. The van der Waals surface area contributed by atoms with Gasteiger partial charge in [0.05, 0.1) is 6.54 Å². The number of carbonyl (C=O) groups is 2. The minimum Gasteiger partial charge on any atom is -0.353 e. The molecule has 112 valence electrons. The van der Waals surface area contributed by atoms with E-state index in [-0.39, 0.29) is 24.4 Å². The van der Waals surface area contributed by atoms with Gasteiger partial charge in [0.25, 0.3) is 0 Å². The Kier molecular flexibility index (Phi) is 4.21. The second kappa shape index (κ2) is 6.10. The average Bonchev–Trinajstić information content (AvgIpc) is 3.02. The van der Waals surface area contributed by atoms with E-state index in [9.17, 15) is 9.59 Å². The fourth-order valence-corrected chi connectivity index (χ4v) is 3.52. The molecule has 3 fully saturated rings. The molecule has 2 amide bonds. The molecule has 3 aliphatic rings. The summed E-state index contributed by atoms with van der Waals surface area (Å²) in [5, 5.41) is 5.79. The summed E-state index contributed by atoms with van der Waals surface area (Å²) in [6.45, 7) is 4.75. The molecule has 20 heavy (non-hydrogen) atoms. The fraction of sp³-hybridized carbons (Fsp3) is 0.857. The van der Waals surface area contributed by atoms with Crippen molar-refractivity contribution in [2.45, 2.75) is 37.8 Å². The molecule has 3 saturated heterocycles. The van der Waals surface area contributed by atoms with Gasteiger partial charge in [-0.1, -0.05) is 0 Å². The number of nitrogens with zero attached hydrogens (tertiary/aromatic N) is 2. The van der Waals surface area contributed by atoms with Crippen molar-refractivity contribution in [3.63, 3.8) is 0 Å². The first-order chi connectivity index (χ1) is 9.74. The number of rotatable bonds is 2. The maximum Gasteiger partial charge on any atom is 0.241 e. The number of piperazine rings is 1. The lowest BCUT2D eigenvalue weighted by Crippen LogP contribution is -2.60. The van der Waals surface area contributed by atoms with Crippen LogP contribution in [0.5, 0.6) is 0 Å². The van der Waals surface area contributed by atoms with Gasteiger partial charge >= 0.3 is 0 Å². The maximum absolute atomic E-state index is 12.5. The number of hydrogen-bond acceptors (Lipinski definition) is 4. The van der Waals surface area contributed by atoms with Gasteiger partial charge in [-0.3, -0.25) is 19.8 Å². The Morgan fingerprint density at radius 1 is 1.15 bits per heavy atom. The molecule has 0 aromatic carbocycles. The maximum atomic E-state index is 12.5. The second-order valence-corrected chi connectivity index (χ2v) is 6.06. The Labute approximate surface area is 119 Å². The van der Waals surface area contributed by atoms with E-state index >= 15 is 0 Å². The van der Waals surface area contributed by atoms with Crippen LogP contribution in [0.1, 0.15) is 25.7 Å². The van der Waals surface area contributed by atoms with Gasteiger partial charge in [-0.15, -0.1) is 0 Å². The van der Waals surface area contributed by atoms with Crippen LogP contribution < -0.4 is 10.6 Å². The quantitative estimate of drug-likeness (QED) is 0.692. The molecule has 3 aliphatic heterocycles. The number of carbonyl (C=O) groups excluding carboxylic acids is 2. The highest BCUT2D eigenvalue weighted by Gasteiger charge is 2.33. The predicted octanol–water partition coefficient (Wildman–Crippen LogP) is -0.839. The molecular formula is C14H24N4O2. The third-order valence-electron chi connectivity index (χ3n) is 4.68. The van der Waals surface area contributed by atoms with Crippen molar-refractivity contribution in [2.75, 3.05) is 39.3 Å². The summed E-state index contributed by atoms with van der Waals surface area (Å²) >= 11 is 0. The average molecular weight is 280 g/mol. The highest BCUT2D eigenvalue weighted by atomic mass is 16.2. The van der Waals surface area contributed by atoms with Crippen molar-refractivity contribution < 1.29 is 9.59 Å². The third kappa shape index (κ3) is 2.96. The van der Waals surface area contributed by atoms with Crippen LogP contribution in [0.3, 0.4) is 0 Å². The van der Waals surface area contributed by atoms with Gasteiger partial charge in [-0.25, -0.2) is 0 Å². The molecule has 0 aromatic rings. The minimum absolute atomic E-state index is 0.0253.